The quantitative estimate of drug-likeness (QED) is 0.0239. The second-order valence-electron chi connectivity index (χ2n) is 16.8. The maximum atomic E-state index is 12.8. The number of carboxylic acid groups (broad SMARTS) is 1. The van der Waals surface area contributed by atoms with Crippen LogP contribution in [0.5, 0.6) is 0 Å². The van der Waals surface area contributed by atoms with Crippen LogP contribution in [0.3, 0.4) is 0 Å². The fourth-order valence-corrected chi connectivity index (χ4v) is 6.83. The molecule has 0 aliphatic rings. The molecule has 0 rings (SSSR count). The Balaban J connectivity index is 4.71. The van der Waals surface area contributed by atoms with Crippen LogP contribution in [0.2, 0.25) is 0 Å². The summed E-state index contributed by atoms with van der Waals surface area (Å²) < 4.78 is 34.2. The van der Waals surface area contributed by atoms with Crippen molar-refractivity contribution in [3.63, 3.8) is 0 Å². The number of carbonyl (C=O) groups is 6. The molecule has 18 nitrogen and oxygen atoms in total. The van der Waals surface area contributed by atoms with E-state index >= 15 is 0 Å². The topological polar surface area (TPSA) is 236 Å². The molecule has 5 N–H and O–H groups in total. The van der Waals surface area contributed by atoms with Crippen molar-refractivity contribution in [3.05, 3.63) is 0 Å². The van der Waals surface area contributed by atoms with Crippen molar-refractivity contribution in [1.82, 2.24) is 20.9 Å². The summed E-state index contributed by atoms with van der Waals surface area (Å²) in [7, 11) is 3.19. The van der Waals surface area contributed by atoms with E-state index in [-0.39, 0.29) is 26.1 Å². The van der Waals surface area contributed by atoms with Crippen LogP contribution in [-0.4, -0.2) is 148 Å². The van der Waals surface area contributed by atoms with Crippen LogP contribution >= 0.6 is 7.82 Å². The number of likely N-dealkylation sites (N-methyl/N-ethyl adjacent to an activating group) is 1. The van der Waals surface area contributed by atoms with Gasteiger partial charge in [-0.2, -0.15) is 0 Å². The number of quaternary nitrogens is 1. The van der Waals surface area contributed by atoms with Crippen molar-refractivity contribution < 1.29 is 66.3 Å². The van der Waals surface area contributed by atoms with Gasteiger partial charge in [0.2, 0.25) is 17.7 Å². The van der Waals surface area contributed by atoms with Gasteiger partial charge in [-0.1, -0.05) is 84.0 Å². The Morgan fingerprint density at radius 2 is 1.25 bits per heavy atom. The third kappa shape index (κ3) is 38.3. The molecule has 0 aromatic carbocycles. The number of hydrogen-bond donors (Lipinski definition) is 5. The third-order valence-corrected chi connectivity index (χ3v) is 10.6. The van der Waals surface area contributed by atoms with Gasteiger partial charge in [0.25, 0.3) is 0 Å². The summed E-state index contributed by atoms with van der Waals surface area (Å²) in [6.45, 7) is 3.48. The number of carboxylic acids is 1. The molecule has 0 spiro atoms. The average Bonchev–Trinajstić information content (AvgIpc) is 3.17. The molecule has 19 heteroatoms. The molecule has 3 atom stereocenters. The Morgan fingerprint density at radius 1 is 0.705 bits per heavy atom. The van der Waals surface area contributed by atoms with Gasteiger partial charge >= 0.3 is 25.7 Å². The highest BCUT2D eigenvalue weighted by Gasteiger charge is 2.27. The van der Waals surface area contributed by atoms with E-state index in [4.69, 9.17) is 23.6 Å². The number of ether oxygens (including phenoxy) is 2. The van der Waals surface area contributed by atoms with Gasteiger partial charge in [-0.25, -0.2) is 4.57 Å². The Morgan fingerprint density at radius 3 is 1.80 bits per heavy atom. The summed E-state index contributed by atoms with van der Waals surface area (Å²) in [4.78, 5) is 84.1. The number of esters is 2. The lowest BCUT2D eigenvalue weighted by Gasteiger charge is -2.24. The monoisotopic (exact) mass is 895 g/mol. The van der Waals surface area contributed by atoms with E-state index in [1.54, 1.807) is 0 Å². The van der Waals surface area contributed by atoms with Crippen LogP contribution in [0.15, 0.2) is 0 Å². The fraction of sp³-hybridized carbons (Fsp3) is 0.857. The first kappa shape index (κ1) is 57.9. The second kappa shape index (κ2) is 35.3. The standard InChI is InChI=1S/C42H80N5O13P/c1-7-8-9-10-11-12-13-14-15-16-17-18-19-25-40(52)57-33-36(34-59-61(55,56)58-30-29-47(4,5)6)60-41(53)26-21-23-28-46(3)27-22-20-24-37(45-35(2)48)42(54)44-31-38(49)43-32-39(50)51/h36-37H,7-34H2,1-6H3,(H4-,43,44,45,48,49,50,51,54,55,56)/p+1/t36-,37+/m1/s1. The molecule has 0 aliphatic carbocycles. The molecule has 0 saturated carbocycles. The van der Waals surface area contributed by atoms with E-state index in [1.165, 1.54) is 64.7 Å². The Kier molecular flexibility index (Phi) is 33.5. The van der Waals surface area contributed by atoms with E-state index in [0.29, 0.717) is 62.6 Å². The molecule has 0 bridgehead atoms. The number of rotatable bonds is 40. The molecule has 356 valence electrons. The fourth-order valence-electron chi connectivity index (χ4n) is 6.09. The van der Waals surface area contributed by atoms with Crippen LogP contribution in [0, 0.1) is 0 Å². The smallest absolute Gasteiger partial charge is 0.472 e. The number of amides is 3. The van der Waals surface area contributed by atoms with E-state index < -0.39 is 75.3 Å². The molecule has 0 radical (unpaired) electrons. The molecular weight excluding hydrogens is 813 g/mol. The Bertz CT molecular complexity index is 1300. The van der Waals surface area contributed by atoms with E-state index in [1.807, 2.05) is 28.2 Å². The summed E-state index contributed by atoms with van der Waals surface area (Å²) in [5, 5.41) is 15.8. The predicted molar refractivity (Wildman–Crippen MR) is 232 cm³/mol. The summed E-state index contributed by atoms with van der Waals surface area (Å²) in [6, 6.07) is -0.854. The predicted octanol–water partition coefficient (Wildman–Crippen LogP) is 4.86. The summed E-state index contributed by atoms with van der Waals surface area (Å²) in [5.41, 5.74) is 0. The number of nitrogens with zero attached hydrogens (tertiary/aromatic N) is 2. The lowest BCUT2D eigenvalue weighted by Crippen LogP contribution is -2.48. The van der Waals surface area contributed by atoms with Crippen LogP contribution in [-0.2, 0) is 51.9 Å². The van der Waals surface area contributed by atoms with Crippen molar-refractivity contribution >= 4 is 43.5 Å². The minimum atomic E-state index is -4.46. The molecule has 1 unspecified atom stereocenters. The zero-order valence-corrected chi connectivity index (χ0v) is 39.1. The first-order chi connectivity index (χ1) is 28.8. The maximum absolute atomic E-state index is 12.8. The van der Waals surface area contributed by atoms with Crippen LogP contribution < -0.4 is 16.0 Å². The number of hydrogen-bond acceptors (Lipinski definition) is 12. The summed E-state index contributed by atoms with van der Waals surface area (Å²) >= 11 is 0. The lowest BCUT2D eigenvalue weighted by atomic mass is 10.0. The van der Waals surface area contributed by atoms with Crippen molar-refractivity contribution in [2.24, 2.45) is 0 Å². The molecule has 0 saturated heterocycles. The normalized spacial score (nSPS) is 13.5. The highest BCUT2D eigenvalue weighted by Crippen LogP contribution is 2.43. The van der Waals surface area contributed by atoms with Gasteiger partial charge in [0, 0.05) is 19.8 Å². The van der Waals surface area contributed by atoms with Crippen LogP contribution in [0.4, 0.5) is 0 Å². The third-order valence-electron chi connectivity index (χ3n) is 9.66. The van der Waals surface area contributed by atoms with Crippen molar-refractivity contribution in [3.8, 4) is 0 Å². The van der Waals surface area contributed by atoms with Crippen molar-refractivity contribution in [1.29, 1.82) is 0 Å². The SMILES string of the molecule is CCCCCCCCCCCCCCCC(=O)OC[C@H](COP(=O)(O)OCC[N+](C)(C)C)OC(=O)CCCCN(C)CCCC[C@H](NC(C)=O)C(=O)NCC(=O)NCC(=O)O. The molecule has 0 aromatic heterocycles. The first-order valence-electron chi connectivity index (χ1n) is 22.3. The molecule has 0 aromatic rings. The maximum Gasteiger partial charge on any atom is 0.472 e. The van der Waals surface area contributed by atoms with Crippen molar-refractivity contribution in [2.75, 3.05) is 80.7 Å². The lowest BCUT2D eigenvalue weighted by molar-refractivity contribution is -0.870. The Hall–Kier alpha value is -3.15. The number of aliphatic carboxylic acids is 1. The van der Waals surface area contributed by atoms with Crippen molar-refractivity contribution in [2.45, 2.75) is 154 Å². The van der Waals surface area contributed by atoms with Gasteiger partial charge in [0.05, 0.1) is 34.3 Å². The average molecular weight is 895 g/mol. The molecular formula is C42H81N5O13P+. The largest absolute Gasteiger partial charge is 0.480 e. The van der Waals surface area contributed by atoms with Gasteiger partial charge in [0.1, 0.15) is 32.3 Å². The minimum absolute atomic E-state index is 0.0286. The van der Waals surface area contributed by atoms with Gasteiger partial charge in [-0.15, -0.1) is 0 Å². The van der Waals surface area contributed by atoms with Crippen LogP contribution in [0.25, 0.3) is 0 Å². The van der Waals surface area contributed by atoms with Gasteiger partial charge in [-0.3, -0.25) is 37.8 Å². The molecule has 0 heterocycles. The van der Waals surface area contributed by atoms with Crippen LogP contribution in [0.1, 0.15) is 142 Å². The van der Waals surface area contributed by atoms with Gasteiger partial charge in [-0.05, 0) is 58.7 Å². The summed E-state index contributed by atoms with van der Waals surface area (Å²) in [6.07, 6.45) is 17.4. The molecule has 0 fully saturated rings. The zero-order valence-electron chi connectivity index (χ0n) is 38.2. The zero-order chi connectivity index (χ0) is 45.9. The van der Waals surface area contributed by atoms with E-state index in [9.17, 15) is 38.2 Å². The first-order valence-corrected chi connectivity index (χ1v) is 23.8. The molecule has 0 aliphatic heterocycles. The highest BCUT2D eigenvalue weighted by molar-refractivity contribution is 7.47. The summed E-state index contributed by atoms with van der Waals surface area (Å²) in [5.74, 6) is -3.83. The number of nitrogens with one attached hydrogen (secondary N) is 3. The number of phosphoric ester groups is 1. The molecule has 61 heavy (non-hydrogen) atoms. The van der Waals surface area contributed by atoms with E-state index in [0.717, 1.165) is 19.3 Å². The highest BCUT2D eigenvalue weighted by atomic mass is 31.2. The number of unbranched alkanes of at least 4 members (excludes halogenated alkanes) is 14. The molecule has 3 amide bonds. The number of phosphoric acid groups is 1. The number of carbonyl (C=O) groups excluding carboxylic acids is 5. The Labute approximate surface area is 365 Å². The van der Waals surface area contributed by atoms with Gasteiger partial charge < -0.3 is 44.8 Å². The second-order valence-corrected chi connectivity index (χ2v) is 18.3. The van der Waals surface area contributed by atoms with E-state index in [2.05, 4.69) is 27.8 Å². The van der Waals surface area contributed by atoms with Gasteiger partial charge in [0.15, 0.2) is 6.10 Å². The minimum Gasteiger partial charge on any atom is -0.480 e.